The lowest BCUT2D eigenvalue weighted by molar-refractivity contribution is -0.384. The zero-order chi connectivity index (χ0) is 15.3. The molecule has 0 saturated heterocycles. The van der Waals surface area contributed by atoms with Gasteiger partial charge in [-0.3, -0.25) is 10.1 Å². The van der Waals surface area contributed by atoms with Crippen molar-refractivity contribution in [3.63, 3.8) is 0 Å². The molecule has 0 aromatic carbocycles. The predicted molar refractivity (Wildman–Crippen MR) is 72.0 cm³/mol. The van der Waals surface area contributed by atoms with Gasteiger partial charge in [0.05, 0.1) is 12.0 Å². The number of nitro groups is 1. The zero-order valence-corrected chi connectivity index (χ0v) is 11.5. The van der Waals surface area contributed by atoms with E-state index in [4.69, 9.17) is 4.74 Å². The number of aliphatic carboxylic acids is 1. The Balaban J connectivity index is 3.22. The second kappa shape index (κ2) is 6.18. The molecular formula is C12H17N3O5. The summed E-state index contributed by atoms with van der Waals surface area (Å²) in [5.41, 5.74) is -1.63. The second-order valence-electron chi connectivity index (χ2n) is 4.49. The Morgan fingerprint density at radius 3 is 2.70 bits per heavy atom. The van der Waals surface area contributed by atoms with Crippen LogP contribution in [-0.4, -0.2) is 33.6 Å². The Morgan fingerprint density at radius 2 is 2.25 bits per heavy atom. The first-order chi connectivity index (χ1) is 9.34. The largest absolute Gasteiger partial charge is 0.481 e. The standard InChI is InChI=1S/C12H17N3O5/c1-4-7-12(2,11(16)17)14-10-8(15(18)19)5-6-9(13-10)20-3/h5-6H,4,7H2,1-3H3,(H,13,14)(H,16,17). The summed E-state index contributed by atoms with van der Waals surface area (Å²) in [6, 6.07) is 2.57. The molecule has 0 bridgehead atoms. The fourth-order valence-corrected chi connectivity index (χ4v) is 1.77. The monoisotopic (exact) mass is 283 g/mol. The van der Waals surface area contributed by atoms with Crippen molar-refractivity contribution in [3.8, 4) is 5.88 Å². The minimum Gasteiger partial charge on any atom is -0.481 e. The van der Waals surface area contributed by atoms with Crippen molar-refractivity contribution in [1.29, 1.82) is 0 Å². The Kier molecular flexibility index (Phi) is 4.84. The molecule has 0 aliphatic carbocycles. The van der Waals surface area contributed by atoms with Gasteiger partial charge < -0.3 is 15.2 Å². The number of hydrogen-bond acceptors (Lipinski definition) is 6. The molecule has 2 N–H and O–H groups in total. The summed E-state index contributed by atoms with van der Waals surface area (Å²) in [6.07, 6.45) is 0.909. The van der Waals surface area contributed by atoms with Gasteiger partial charge in [-0.25, -0.2) is 4.79 Å². The van der Waals surface area contributed by atoms with Gasteiger partial charge in [0.1, 0.15) is 5.54 Å². The molecule has 1 unspecified atom stereocenters. The first kappa shape index (κ1) is 15.7. The minimum atomic E-state index is -1.33. The molecule has 20 heavy (non-hydrogen) atoms. The molecule has 8 nitrogen and oxygen atoms in total. The normalized spacial score (nSPS) is 13.3. The molecule has 110 valence electrons. The Bertz CT molecular complexity index is 520. The van der Waals surface area contributed by atoms with Gasteiger partial charge in [-0.2, -0.15) is 4.98 Å². The fourth-order valence-electron chi connectivity index (χ4n) is 1.77. The van der Waals surface area contributed by atoms with Gasteiger partial charge in [-0.1, -0.05) is 13.3 Å². The number of pyridine rings is 1. The molecular weight excluding hydrogens is 266 g/mol. The summed E-state index contributed by atoms with van der Waals surface area (Å²) < 4.78 is 4.90. The van der Waals surface area contributed by atoms with Crippen molar-refractivity contribution in [1.82, 2.24) is 4.98 Å². The topological polar surface area (TPSA) is 115 Å². The number of ether oxygens (including phenoxy) is 1. The van der Waals surface area contributed by atoms with Crippen molar-refractivity contribution in [2.75, 3.05) is 12.4 Å². The van der Waals surface area contributed by atoms with E-state index in [1.807, 2.05) is 6.92 Å². The highest BCUT2D eigenvalue weighted by Crippen LogP contribution is 2.29. The molecule has 1 aromatic rings. The molecule has 0 amide bonds. The fraction of sp³-hybridized carbons (Fsp3) is 0.500. The van der Waals surface area contributed by atoms with Crippen LogP contribution >= 0.6 is 0 Å². The van der Waals surface area contributed by atoms with Gasteiger partial charge in [0, 0.05) is 12.1 Å². The summed E-state index contributed by atoms with van der Waals surface area (Å²) in [6.45, 7) is 3.29. The van der Waals surface area contributed by atoms with Gasteiger partial charge in [0.15, 0.2) is 0 Å². The van der Waals surface area contributed by atoms with E-state index in [1.54, 1.807) is 0 Å². The van der Waals surface area contributed by atoms with Gasteiger partial charge >= 0.3 is 11.7 Å². The molecule has 1 heterocycles. The highest BCUT2D eigenvalue weighted by Gasteiger charge is 2.34. The quantitative estimate of drug-likeness (QED) is 0.581. The van der Waals surface area contributed by atoms with Crippen molar-refractivity contribution in [2.24, 2.45) is 0 Å². The maximum atomic E-state index is 11.4. The predicted octanol–water partition coefficient (Wildman–Crippen LogP) is 2.05. The molecule has 0 aliphatic rings. The highest BCUT2D eigenvalue weighted by atomic mass is 16.6. The van der Waals surface area contributed by atoms with Crippen LogP contribution in [0.4, 0.5) is 11.5 Å². The first-order valence-corrected chi connectivity index (χ1v) is 6.05. The smallest absolute Gasteiger partial charge is 0.329 e. The van der Waals surface area contributed by atoms with Gasteiger partial charge in [0.2, 0.25) is 11.7 Å². The third kappa shape index (κ3) is 3.34. The van der Waals surface area contributed by atoms with Crippen molar-refractivity contribution in [2.45, 2.75) is 32.2 Å². The maximum Gasteiger partial charge on any atom is 0.329 e. The number of carbonyl (C=O) groups is 1. The highest BCUT2D eigenvalue weighted by molar-refractivity contribution is 5.82. The van der Waals surface area contributed by atoms with Crippen LogP contribution in [0.5, 0.6) is 5.88 Å². The van der Waals surface area contributed by atoms with Gasteiger partial charge in [0.25, 0.3) is 0 Å². The maximum absolute atomic E-state index is 11.4. The molecule has 0 spiro atoms. The lowest BCUT2D eigenvalue weighted by Gasteiger charge is -2.26. The summed E-state index contributed by atoms with van der Waals surface area (Å²) in [4.78, 5) is 25.6. The van der Waals surface area contributed by atoms with Crippen LogP contribution in [0.3, 0.4) is 0 Å². The van der Waals surface area contributed by atoms with Crippen molar-refractivity contribution in [3.05, 3.63) is 22.2 Å². The number of anilines is 1. The van der Waals surface area contributed by atoms with Gasteiger partial charge in [-0.05, 0) is 13.3 Å². The van der Waals surface area contributed by atoms with Crippen LogP contribution in [0.25, 0.3) is 0 Å². The minimum absolute atomic E-state index is 0.118. The van der Waals surface area contributed by atoms with Crippen molar-refractivity contribution < 1.29 is 19.6 Å². The molecule has 0 fully saturated rings. The summed E-state index contributed by atoms with van der Waals surface area (Å²) in [5, 5.41) is 22.9. The molecule has 0 saturated carbocycles. The number of hydrogen-bond donors (Lipinski definition) is 2. The number of methoxy groups -OCH3 is 1. The van der Waals surface area contributed by atoms with Crippen LogP contribution in [-0.2, 0) is 4.79 Å². The van der Waals surface area contributed by atoms with Crippen LogP contribution in [0.1, 0.15) is 26.7 Å². The van der Waals surface area contributed by atoms with E-state index in [0.29, 0.717) is 12.8 Å². The average molecular weight is 283 g/mol. The van der Waals surface area contributed by atoms with Crippen LogP contribution in [0, 0.1) is 10.1 Å². The Morgan fingerprint density at radius 1 is 1.60 bits per heavy atom. The van der Waals surface area contributed by atoms with Crippen molar-refractivity contribution >= 4 is 17.5 Å². The van der Waals surface area contributed by atoms with Crippen LogP contribution in [0.15, 0.2) is 12.1 Å². The molecule has 0 radical (unpaired) electrons. The van der Waals surface area contributed by atoms with E-state index in [1.165, 1.54) is 26.2 Å². The van der Waals surface area contributed by atoms with Gasteiger partial charge in [-0.15, -0.1) is 0 Å². The second-order valence-corrected chi connectivity index (χ2v) is 4.49. The number of nitrogens with zero attached hydrogens (tertiary/aromatic N) is 2. The van der Waals surface area contributed by atoms with Crippen LogP contribution < -0.4 is 10.1 Å². The Hall–Kier alpha value is -2.38. The Labute approximate surface area is 115 Å². The zero-order valence-electron chi connectivity index (χ0n) is 11.5. The average Bonchev–Trinajstić information content (AvgIpc) is 2.38. The van der Waals surface area contributed by atoms with E-state index < -0.39 is 16.4 Å². The number of aromatic nitrogens is 1. The van der Waals surface area contributed by atoms with E-state index in [2.05, 4.69) is 10.3 Å². The van der Waals surface area contributed by atoms with E-state index in [0.717, 1.165) is 0 Å². The third-order valence-corrected chi connectivity index (χ3v) is 2.87. The van der Waals surface area contributed by atoms with E-state index in [-0.39, 0.29) is 17.4 Å². The first-order valence-electron chi connectivity index (χ1n) is 6.05. The SMILES string of the molecule is CCCC(C)(Nc1nc(OC)ccc1[N+](=O)[O-])C(=O)O. The summed E-state index contributed by atoms with van der Waals surface area (Å²) >= 11 is 0. The number of rotatable bonds is 7. The lowest BCUT2D eigenvalue weighted by Crippen LogP contribution is -2.43. The number of carboxylic acids is 1. The number of carboxylic acid groups (broad SMARTS) is 1. The molecule has 0 aliphatic heterocycles. The number of nitrogens with one attached hydrogen (secondary N) is 1. The van der Waals surface area contributed by atoms with E-state index in [9.17, 15) is 20.0 Å². The lowest BCUT2D eigenvalue weighted by atomic mass is 9.96. The molecule has 8 heteroatoms. The third-order valence-electron chi connectivity index (χ3n) is 2.87. The summed E-state index contributed by atoms with van der Waals surface area (Å²) in [5.74, 6) is -1.05. The van der Waals surface area contributed by atoms with E-state index >= 15 is 0 Å². The molecule has 1 atom stereocenters. The van der Waals surface area contributed by atoms with Crippen LogP contribution in [0.2, 0.25) is 0 Å². The molecule has 1 rings (SSSR count). The molecule has 1 aromatic heterocycles. The summed E-state index contributed by atoms with van der Waals surface area (Å²) in [7, 11) is 1.38.